The van der Waals surface area contributed by atoms with E-state index in [0.29, 0.717) is 24.0 Å². The van der Waals surface area contributed by atoms with Crippen molar-refractivity contribution in [3.8, 4) is 11.8 Å². The fourth-order valence-corrected chi connectivity index (χ4v) is 3.03. The van der Waals surface area contributed by atoms with E-state index in [0.717, 1.165) is 25.3 Å². The summed E-state index contributed by atoms with van der Waals surface area (Å²) in [6.45, 7) is 2.97. The molecule has 1 fully saturated rings. The molecule has 1 aliphatic rings. The van der Waals surface area contributed by atoms with Gasteiger partial charge in [0.2, 0.25) is 0 Å². The largest absolute Gasteiger partial charge is 0.487 e. The Morgan fingerprint density at radius 3 is 2.56 bits per heavy atom. The van der Waals surface area contributed by atoms with Crippen LogP contribution >= 0.6 is 0 Å². The second kappa shape index (κ2) is 7.56. The lowest BCUT2D eigenvalue weighted by Crippen LogP contribution is -2.47. The van der Waals surface area contributed by atoms with Gasteiger partial charge in [0.15, 0.2) is 0 Å². The molecule has 1 aromatic heterocycles. The molecule has 0 atom stereocenters. The number of ether oxygens (including phenoxy) is 1. The number of hydrogen-bond acceptors (Lipinski definition) is 5. The van der Waals surface area contributed by atoms with Crippen molar-refractivity contribution < 1.29 is 9.13 Å². The van der Waals surface area contributed by atoms with Crippen LogP contribution in [0.4, 0.5) is 4.39 Å². The minimum Gasteiger partial charge on any atom is -0.487 e. The van der Waals surface area contributed by atoms with E-state index in [9.17, 15) is 4.39 Å². The number of aromatic nitrogens is 3. The monoisotopic (exact) mass is 363 g/mol. The number of hydrogen-bond donors (Lipinski definition) is 0. The Labute approximate surface area is 156 Å². The first kappa shape index (κ1) is 17.2. The van der Waals surface area contributed by atoms with Crippen LogP contribution in [0.3, 0.4) is 0 Å². The highest BCUT2D eigenvalue weighted by Crippen LogP contribution is 2.23. The van der Waals surface area contributed by atoms with Crippen LogP contribution in [0.5, 0.6) is 5.75 Å². The van der Waals surface area contributed by atoms with Crippen molar-refractivity contribution in [1.82, 2.24) is 19.9 Å². The standard InChI is InChI=1S/C20H18FN5O/c21-17-5-7-20(8-6-17)27-14-18-11-26(24-23-18)19-12-25(13-19)10-16-3-1-15(9-22)2-4-16/h1-8,11,19H,10,12-14H2. The lowest BCUT2D eigenvalue weighted by atomic mass is 10.1. The van der Waals surface area contributed by atoms with Gasteiger partial charge in [-0.2, -0.15) is 5.26 Å². The molecule has 0 N–H and O–H groups in total. The van der Waals surface area contributed by atoms with E-state index >= 15 is 0 Å². The molecule has 1 saturated heterocycles. The van der Waals surface area contributed by atoms with Crippen LogP contribution in [-0.2, 0) is 13.2 Å². The van der Waals surface area contributed by atoms with Crippen LogP contribution in [0.2, 0.25) is 0 Å². The molecule has 0 bridgehead atoms. The average molecular weight is 363 g/mol. The molecule has 7 heteroatoms. The van der Waals surface area contributed by atoms with Crippen LogP contribution in [0.25, 0.3) is 0 Å². The highest BCUT2D eigenvalue weighted by molar-refractivity contribution is 5.31. The second-order valence-electron chi connectivity index (χ2n) is 6.59. The summed E-state index contributed by atoms with van der Waals surface area (Å²) in [5.41, 5.74) is 2.61. The van der Waals surface area contributed by atoms with Gasteiger partial charge in [0.05, 0.1) is 23.9 Å². The van der Waals surface area contributed by atoms with Gasteiger partial charge in [0.25, 0.3) is 0 Å². The Morgan fingerprint density at radius 2 is 1.85 bits per heavy atom. The van der Waals surface area contributed by atoms with Gasteiger partial charge in [-0.15, -0.1) is 5.10 Å². The molecule has 0 aliphatic carbocycles. The minimum atomic E-state index is -0.288. The van der Waals surface area contributed by atoms with Crippen LogP contribution < -0.4 is 4.74 Å². The zero-order valence-electron chi connectivity index (χ0n) is 14.6. The molecule has 0 saturated carbocycles. The summed E-state index contributed by atoms with van der Waals surface area (Å²) in [5, 5.41) is 17.2. The number of nitriles is 1. The lowest BCUT2D eigenvalue weighted by molar-refractivity contribution is 0.0896. The van der Waals surface area contributed by atoms with Crippen molar-refractivity contribution in [3.05, 3.63) is 77.4 Å². The molecule has 0 radical (unpaired) electrons. The summed E-state index contributed by atoms with van der Waals surface area (Å²) < 4.78 is 20.4. The van der Waals surface area contributed by atoms with Crippen molar-refractivity contribution >= 4 is 0 Å². The van der Waals surface area contributed by atoms with Crippen molar-refractivity contribution in [2.75, 3.05) is 13.1 Å². The van der Waals surface area contributed by atoms with Crippen molar-refractivity contribution in [3.63, 3.8) is 0 Å². The first-order chi connectivity index (χ1) is 13.2. The van der Waals surface area contributed by atoms with Crippen LogP contribution in [0, 0.1) is 17.1 Å². The predicted molar refractivity (Wildman–Crippen MR) is 96.2 cm³/mol. The van der Waals surface area contributed by atoms with E-state index in [1.165, 1.54) is 17.7 Å². The summed E-state index contributed by atoms with van der Waals surface area (Å²) in [7, 11) is 0. The smallest absolute Gasteiger partial charge is 0.134 e. The Kier molecular flexibility index (Phi) is 4.81. The summed E-state index contributed by atoms with van der Waals surface area (Å²) in [4.78, 5) is 2.32. The summed E-state index contributed by atoms with van der Waals surface area (Å²) in [6, 6.07) is 16.0. The van der Waals surface area contributed by atoms with Gasteiger partial charge >= 0.3 is 0 Å². The molecule has 0 amide bonds. The molecule has 0 spiro atoms. The number of halogens is 1. The summed E-state index contributed by atoms with van der Waals surface area (Å²) in [6.07, 6.45) is 1.90. The maximum absolute atomic E-state index is 12.9. The van der Waals surface area contributed by atoms with Gasteiger partial charge in [-0.1, -0.05) is 17.3 Å². The third kappa shape index (κ3) is 4.13. The average Bonchev–Trinajstić information content (AvgIpc) is 3.13. The SMILES string of the molecule is N#Cc1ccc(CN2CC(n3cc(COc4ccc(F)cc4)nn3)C2)cc1. The molecule has 2 heterocycles. The number of likely N-dealkylation sites (tertiary alicyclic amines) is 1. The second-order valence-corrected chi connectivity index (χ2v) is 6.59. The zero-order valence-corrected chi connectivity index (χ0v) is 14.6. The maximum Gasteiger partial charge on any atom is 0.134 e. The molecule has 136 valence electrons. The molecular formula is C20H18FN5O. The lowest BCUT2D eigenvalue weighted by Gasteiger charge is -2.38. The van der Waals surface area contributed by atoms with Gasteiger partial charge in [-0.25, -0.2) is 9.07 Å². The number of benzene rings is 2. The van der Waals surface area contributed by atoms with Gasteiger partial charge in [0, 0.05) is 19.6 Å². The van der Waals surface area contributed by atoms with Crippen LogP contribution in [0.1, 0.15) is 22.9 Å². The van der Waals surface area contributed by atoms with E-state index in [4.69, 9.17) is 10.00 Å². The number of nitrogens with zero attached hydrogens (tertiary/aromatic N) is 5. The normalized spacial score (nSPS) is 14.5. The first-order valence-electron chi connectivity index (χ1n) is 8.70. The molecule has 0 unspecified atom stereocenters. The molecule has 6 nitrogen and oxygen atoms in total. The van der Waals surface area contributed by atoms with E-state index in [2.05, 4.69) is 21.3 Å². The molecular weight excluding hydrogens is 345 g/mol. The van der Waals surface area contributed by atoms with Gasteiger partial charge in [-0.3, -0.25) is 4.90 Å². The predicted octanol–water partition coefficient (Wildman–Crippen LogP) is 2.92. The Bertz CT molecular complexity index is 940. The number of rotatable bonds is 6. The van der Waals surface area contributed by atoms with Crippen molar-refractivity contribution in [2.45, 2.75) is 19.2 Å². The molecule has 27 heavy (non-hydrogen) atoms. The Balaban J connectivity index is 1.26. The van der Waals surface area contributed by atoms with Gasteiger partial charge < -0.3 is 4.74 Å². The fourth-order valence-electron chi connectivity index (χ4n) is 3.03. The van der Waals surface area contributed by atoms with Gasteiger partial charge in [-0.05, 0) is 42.0 Å². The molecule has 4 rings (SSSR count). The molecule has 1 aliphatic heterocycles. The third-order valence-electron chi connectivity index (χ3n) is 4.56. The topological polar surface area (TPSA) is 67.0 Å². The van der Waals surface area contributed by atoms with E-state index in [1.807, 2.05) is 35.1 Å². The summed E-state index contributed by atoms with van der Waals surface area (Å²) in [5.74, 6) is 0.312. The van der Waals surface area contributed by atoms with Crippen molar-refractivity contribution in [2.24, 2.45) is 0 Å². The maximum atomic E-state index is 12.9. The quantitative estimate of drug-likeness (QED) is 0.674. The summed E-state index contributed by atoms with van der Waals surface area (Å²) >= 11 is 0. The Morgan fingerprint density at radius 1 is 1.11 bits per heavy atom. The zero-order chi connectivity index (χ0) is 18.6. The van der Waals surface area contributed by atoms with Gasteiger partial charge in [0.1, 0.15) is 23.9 Å². The highest BCUT2D eigenvalue weighted by atomic mass is 19.1. The van der Waals surface area contributed by atoms with E-state index in [1.54, 1.807) is 12.1 Å². The molecule has 2 aromatic carbocycles. The van der Waals surface area contributed by atoms with Crippen LogP contribution in [-0.4, -0.2) is 33.0 Å². The van der Waals surface area contributed by atoms with Crippen molar-refractivity contribution in [1.29, 1.82) is 5.26 Å². The first-order valence-corrected chi connectivity index (χ1v) is 8.70. The van der Waals surface area contributed by atoms with Crippen LogP contribution in [0.15, 0.2) is 54.7 Å². The minimum absolute atomic E-state index is 0.288. The van der Waals surface area contributed by atoms with E-state index in [-0.39, 0.29) is 5.82 Å². The highest BCUT2D eigenvalue weighted by Gasteiger charge is 2.29. The third-order valence-corrected chi connectivity index (χ3v) is 4.56. The fraction of sp³-hybridized carbons (Fsp3) is 0.250. The van der Waals surface area contributed by atoms with E-state index < -0.39 is 0 Å². The molecule has 3 aromatic rings. The Hall–Kier alpha value is -3.24.